The van der Waals surface area contributed by atoms with Crippen molar-refractivity contribution in [2.75, 3.05) is 19.5 Å². The Morgan fingerprint density at radius 2 is 1.87 bits per heavy atom. The molecule has 0 aliphatic rings. The number of carbonyl (C=O) groups is 2. The van der Waals surface area contributed by atoms with E-state index in [2.05, 4.69) is 15.6 Å². The van der Waals surface area contributed by atoms with Crippen molar-refractivity contribution in [3.63, 3.8) is 0 Å². The maximum Gasteiger partial charge on any atom is 0.261 e. The van der Waals surface area contributed by atoms with Crippen LogP contribution in [0.15, 0.2) is 47.5 Å². The number of nitrogens with one attached hydrogen (secondary N) is 2. The van der Waals surface area contributed by atoms with E-state index in [4.69, 9.17) is 9.47 Å². The Morgan fingerprint density at radius 1 is 1.16 bits per heavy atom. The fourth-order valence-corrected chi connectivity index (χ4v) is 2.94. The summed E-state index contributed by atoms with van der Waals surface area (Å²) >= 11 is 0. The number of aromatic nitrogens is 2. The summed E-state index contributed by atoms with van der Waals surface area (Å²) < 4.78 is 11.6. The molecule has 10 heteroatoms. The highest BCUT2D eigenvalue weighted by atomic mass is 16.5. The molecule has 0 saturated heterocycles. The van der Waals surface area contributed by atoms with E-state index in [1.807, 2.05) is 0 Å². The predicted octanol–water partition coefficient (Wildman–Crippen LogP) is 1.26. The average Bonchev–Trinajstić information content (AvgIpc) is 2.74. The van der Waals surface area contributed by atoms with Crippen LogP contribution in [0.25, 0.3) is 10.9 Å². The summed E-state index contributed by atoms with van der Waals surface area (Å²) in [5.74, 6) is -0.203. The van der Waals surface area contributed by atoms with Gasteiger partial charge in [-0.05, 0) is 25.1 Å². The highest BCUT2D eigenvalue weighted by Crippen LogP contribution is 2.29. The fraction of sp³-hybridized carbons (Fsp3) is 0.238. The number of amides is 2. The standard InChI is InChI=1S/C21H22N4O6/c1-12(20(28)24-13-5-4-6-14(26)7-13)23-19(27)10-25-11-22-16-9-18(31-3)17(30-2)8-15(16)21(25)29/h4-9,11-12,26H,10H2,1-3H3,(H,23,27)(H,24,28). The van der Waals surface area contributed by atoms with Crippen LogP contribution in [0.3, 0.4) is 0 Å². The van der Waals surface area contributed by atoms with Gasteiger partial charge in [-0.15, -0.1) is 0 Å². The molecule has 0 bridgehead atoms. The van der Waals surface area contributed by atoms with Gasteiger partial charge in [0.2, 0.25) is 11.8 Å². The molecule has 3 rings (SSSR count). The van der Waals surface area contributed by atoms with Gasteiger partial charge in [0.1, 0.15) is 18.3 Å². The van der Waals surface area contributed by atoms with E-state index in [0.717, 1.165) is 4.57 Å². The maximum absolute atomic E-state index is 12.8. The van der Waals surface area contributed by atoms with Gasteiger partial charge in [0.25, 0.3) is 5.56 Å². The van der Waals surface area contributed by atoms with Crippen LogP contribution in [0.5, 0.6) is 17.2 Å². The number of fused-ring (bicyclic) bond motifs is 1. The highest BCUT2D eigenvalue weighted by molar-refractivity contribution is 5.97. The normalized spacial score (nSPS) is 11.6. The number of methoxy groups -OCH3 is 2. The smallest absolute Gasteiger partial charge is 0.261 e. The summed E-state index contributed by atoms with van der Waals surface area (Å²) in [5, 5.41) is 14.9. The number of phenols is 1. The molecule has 1 unspecified atom stereocenters. The number of carbonyl (C=O) groups excluding carboxylic acids is 2. The first-order valence-electron chi connectivity index (χ1n) is 9.32. The summed E-state index contributed by atoms with van der Waals surface area (Å²) in [4.78, 5) is 41.6. The topological polar surface area (TPSA) is 132 Å². The third-order valence-electron chi connectivity index (χ3n) is 4.53. The third kappa shape index (κ3) is 4.92. The fourth-order valence-electron chi connectivity index (χ4n) is 2.94. The predicted molar refractivity (Wildman–Crippen MR) is 113 cm³/mol. The van der Waals surface area contributed by atoms with Crippen molar-refractivity contribution in [1.82, 2.24) is 14.9 Å². The van der Waals surface area contributed by atoms with Gasteiger partial charge in [-0.2, -0.15) is 0 Å². The van der Waals surface area contributed by atoms with Crippen molar-refractivity contribution in [3.8, 4) is 17.2 Å². The second kappa shape index (κ2) is 9.16. The number of rotatable bonds is 7. The number of ether oxygens (including phenoxy) is 2. The summed E-state index contributed by atoms with van der Waals surface area (Å²) in [6, 6.07) is 8.26. The van der Waals surface area contributed by atoms with Crippen LogP contribution in [0.4, 0.5) is 5.69 Å². The van der Waals surface area contributed by atoms with Crippen molar-refractivity contribution in [2.45, 2.75) is 19.5 Å². The molecule has 3 aromatic rings. The molecule has 0 aliphatic carbocycles. The minimum atomic E-state index is -0.872. The molecule has 0 fully saturated rings. The lowest BCUT2D eigenvalue weighted by Crippen LogP contribution is -2.43. The van der Waals surface area contributed by atoms with Gasteiger partial charge >= 0.3 is 0 Å². The Kier molecular flexibility index (Phi) is 6.39. The first kappa shape index (κ1) is 21.6. The SMILES string of the molecule is COc1cc2ncn(CC(=O)NC(C)C(=O)Nc3cccc(O)c3)c(=O)c2cc1OC. The number of hydrogen-bond donors (Lipinski definition) is 3. The third-order valence-corrected chi connectivity index (χ3v) is 4.53. The number of benzene rings is 2. The van der Waals surface area contributed by atoms with Gasteiger partial charge in [0.05, 0.1) is 31.4 Å². The first-order valence-corrected chi connectivity index (χ1v) is 9.32. The van der Waals surface area contributed by atoms with Gasteiger partial charge in [-0.1, -0.05) is 6.07 Å². The van der Waals surface area contributed by atoms with E-state index in [1.54, 1.807) is 18.2 Å². The molecule has 1 heterocycles. The van der Waals surface area contributed by atoms with E-state index in [9.17, 15) is 19.5 Å². The van der Waals surface area contributed by atoms with E-state index in [0.29, 0.717) is 22.7 Å². The van der Waals surface area contributed by atoms with Crippen molar-refractivity contribution in [1.29, 1.82) is 0 Å². The molecular weight excluding hydrogens is 404 g/mol. The molecular formula is C21H22N4O6. The quantitative estimate of drug-likeness (QED) is 0.518. The summed E-state index contributed by atoms with van der Waals surface area (Å²) in [6.45, 7) is 1.19. The Morgan fingerprint density at radius 3 is 2.55 bits per heavy atom. The molecule has 31 heavy (non-hydrogen) atoms. The van der Waals surface area contributed by atoms with Crippen LogP contribution in [0.2, 0.25) is 0 Å². The number of nitrogens with zero attached hydrogens (tertiary/aromatic N) is 2. The molecule has 0 aliphatic heterocycles. The zero-order valence-electron chi connectivity index (χ0n) is 17.2. The molecule has 1 aromatic heterocycles. The lowest BCUT2D eigenvalue weighted by molar-refractivity contribution is -0.126. The van der Waals surface area contributed by atoms with Crippen LogP contribution in [0.1, 0.15) is 6.92 Å². The van der Waals surface area contributed by atoms with E-state index in [-0.39, 0.29) is 17.7 Å². The molecule has 10 nitrogen and oxygen atoms in total. The minimum absolute atomic E-state index is 0.00641. The van der Waals surface area contributed by atoms with Gasteiger partial charge in [-0.3, -0.25) is 19.0 Å². The highest BCUT2D eigenvalue weighted by Gasteiger charge is 2.17. The average molecular weight is 426 g/mol. The Balaban J connectivity index is 1.71. The zero-order valence-corrected chi connectivity index (χ0v) is 17.2. The minimum Gasteiger partial charge on any atom is -0.508 e. The van der Waals surface area contributed by atoms with Crippen LogP contribution in [-0.2, 0) is 16.1 Å². The summed E-state index contributed by atoms with van der Waals surface area (Å²) in [5.41, 5.74) is 0.363. The number of aromatic hydroxyl groups is 1. The first-order chi connectivity index (χ1) is 14.8. The van der Waals surface area contributed by atoms with Crippen molar-refractivity contribution < 1.29 is 24.2 Å². The second-order valence-electron chi connectivity index (χ2n) is 6.73. The van der Waals surface area contributed by atoms with E-state index in [1.165, 1.54) is 45.7 Å². The van der Waals surface area contributed by atoms with Gasteiger partial charge < -0.3 is 25.2 Å². The van der Waals surface area contributed by atoms with Crippen molar-refractivity contribution >= 4 is 28.4 Å². The number of anilines is 1. The summed E-state index contributed by atoms with van der Waals surface area (Å²) in [6.07, 6.45) is 1.26. The molecule has 0 saturated carbocycles. The van der Waals surface area contributed by atoms with Gasteiger partial charge in [0, 0.05) is 17.8 Å². The maximum atomic E-state index is 12.8. The van der Waals surface area contributed by atoms with Crippen LogP contribution >= 0.6 is 0 Å². The lowest BCUT2D eigenvalue weighted by atomic mass is 10.2. The number of hydrogen-bond acceptors (Lipinski definition) is 7. The molecule has 2 aromatic carbocycles. The molecule has 0 spiro atoms. The van der Waals surface area contributed by atoms with Gasteiger partial charge in [-0.25, -0.2) is 4.98 Å². The monoisotopic (exact) mass is 426 g/mol. The van der Waals surface area contributed by atoms with Crippen LogP contribution in [-0.4, -0.2) is 46.7 Å². The second-order valence-corrected chi connectivity index (χ2v) is 6.73. The Labute approximate surface area is 177 Å². The molecule has 2 amide bonds. The van der Waals surface area contributed by atoms with E-state index < -0.39 is 23.4 Å². The Hall–Kier alpha value is -4.08. The van der Waals surface area contributed by atoms with Crippen LogP contribution < -0.4 is 25.7 Å². The van der Waals surface area contributed by atoms with Gasteiger partial charge in [0.15, 0.2) is 11.5 Å². The number of phenolic OH excluding ortho intramolecular Hbond substituents is 1. The zero-order chi connectivity index (χ0) is 22.5. The van der Waals surface area contributed by atoms with E-state index >= 15 is 0 Å². The van der Waals surface area contributed by atoms with Crippen molar-refractivity contribution in [3.05, 3.63) is 53.1 Å². The Bertz CT molecular complexity index is 1190. The van der Waals surface area contributed by atoms with Crippen LogP contribution in [0, 0.1) is 0 Å². The molecule has 162 valence electrons. The molecule has 1 atom stereocenters. The van der Waals surface area contributed by atoms with Crippen molar-refractivity contribution in [2.24, 2.45) is 0 Å². The lowest BCUT2D eigenvalue weighted by Gasteiger charge is -2.15. The summed E-state index contributed by atoms with van der Waals surface area (Å²) in [7, 11) is 2.93. The largest absolute Gasteiger partial charge is 0.508 e. The molecule has 0 radical (unpaired) electrons. The molecule has 3 N–H and O–H groups in total.